The Labute approximate surface area is 177 Å². The van der Waals surface area contributed by atoms with Crippen molar-refractivity contribution in [1.82, 2.24) is 9.80 Å². The van der Waals surface area contributed by atoms with Crippen molar-refractivity contribution in [2.45, 2.75) is 18.4 Å². The third-order valence-corrected chi connectivity index (χ3v) is 5.81. The number of hydrogen-bond acceptors (Lipinski definition) is 2. The zero-order valence-electron chi connectivity index (χ0n) is 17.1. The molecule has 0 N–H and O–H groups in total. The first-order valence-corrected chi connectivity index (χ1v) is 10.6. The smallest absolute Gasteiger partial charge is 0.270 e. The van der Waals surface area contributed by atoms with Crippen LogP contribution in [-0.4, -0.2) is 48.4 Å². The molecule has 1 aliphatic heterocycles. The van der Waals surface area contributed by atoms with Crippen molar-refractivity contribution in [3.8, 4) is 0 Å². The van der Waals surface area contributed by atoms with Crippen molar-refractivity contribution in [1.29, 1.82) is 0 Å². The number of rotatable bonds is 6. The van der Waals surface area contributed by atoms with Crippen LogP contribution in [0.4, 0.5) is 8.78 Å². The lowest BCUT2D eigenvalue weighted by Crippen LogP contribution is -2.48. The zero-order valence-corrected chi connectivity index (χ0v) is 17.1. The van der Waals surface area contributed by atoms with Crippen molar-refractivity contribution in [2.75, 3.05) is 32.7 Å². The van der Waals surface area contributed by atoms with E-state index < -0.39 is 5.92 Å². The molecule has 1 atom stereocenters. The number of nitrogens with zero attached hydrogens (tertiary/aromatic N) is 2. The Kier molecular flexibility index (Phi) is 6.56. The summed E-state index contributed by atoms with van der Waals surface area (Å²) in [6, 6.07) is 20.6. The van der Waals surface area contributed by atoms with E-state index in [1.165, 1.54) is 5.56 Å². The van der Waals surface area contributed by atoms with E-state index >= 15 is 0 Å². The van der Waals surface area contributed by atoms with Crippen molar-refractivity contribution in [2.24, 2.45) is 0 Å². The molecule has 2 aromatic carbocycles. The standard InChI is InChI=1S/C26H28F2N2/c27-26(28)15-13-24(14-16-26)25(23-11-5-2-6-12-23)30-20-18-29(19-21-30)17-7-10-22-8-3-1-4-9-22/h1-15,25H,16-21H2/b10-7+. The molecule has 0 radical (unpaired) electrons. The summed E-state index contributed by atoms with van der Waals surface area (Å²) in [7, 11) is 0. The Balaban J connectivity index is 1.40. The van der Waals surface area contributed by atoms with Gasteiger partial charge in [0.25, 0.3) is 5.92 Å². The first kappa shape index (κ1) is 20.7. The second kappa shape index (κ2) is 9.50. The van der Waals surface area contributed by atoms with Crippen molar-refractivity contribution < 1.29 is 8.78 Å². The summed E-state index contributed by atoms with van der Waals surface area (Å²) in [5.41, 5.74) is 3.36. The molecule has 2 aromatic rings. The van der Waals surface area contributed by atoms with Crippen LogP contribution in [0.25, 0.3) is 6.08 Å². The van der Waals surface area contributed by atoms with Crippen LogP contribution < -0.4 is 0 Å². The number of halogens is 2. The average molecular weight is 407 g/mol. The number of piperazine rings is 1. The van der Waals surface area contributed by atoms with E-state index in [4.69, 9.17) is 0 Å². The van der Waals surface area contributed by atoms with E-state index in [0.717, 1.165) is 49.9 Å². The van der Waals surface area contributed by atoms with Gasteiger partial charge in [0.1, 0.15) is 0 Å². The second-order valence-corrected chi connectivity index (χ2v) is 7.97. The minimum absolute atomic E-state index is 0.0283. The summed E-state index contributed by atoms with van der Waals surface area (Å²) in [4.78, 5) is 4.86. The molecule has 156 valence electrons. The van der Waals surface area contributed by atoms with E-state index in [1.54, 1.807) is 12.2 Å². The van der Waals surface area contributed by atoms with Crippen LogP contribution >= 0.6 is 0 Å². The molecule has 2 nitrogen and oxygen atoms in total. The summed E-state index contributed by atoms with van der Waals surface area (Å²) >= 11 is 0. The molecule has 0 amide bonds. The second-order valence-electron chi connectivity index (χ2n) is 7.97. The van der Waals surface area contributed by atoms with Gasteiger partial charge in [0.2, 0.25) is 0 Å². The van der Waals surface area contributed by atoms with Gasteiger partial charge in [-0.1, -0.05) is 85.0 Å². The van der Waals surface area contributed by atoms with Gasteiger partial charge in [0.05, 0.1) is 6.04 Å². The maximum atomic E-state index is 13.6. The lowest BCUT2D eigenvalue weighted by atomic mass is 9.91. The van der Waals surface area contributed by atoms with E-state index in [-0.39, 0.29) is 12.5 Å². The lowest BCUT2D eigenvalue weighted by Gasteiger charge is -2.40. The van der Waals surface area contributed by atoms with Crippen LogP contribution in [0.15, 0.2) is 90.5 Å². The van der Waals surface area contributed by atoms with Crippen LogP contribution in [0.3, 0.4) is 0 Å². The van der Waals surface area contributed by atoms with Gasteiger partial charge in [-0.25, -0.2) is 8.78 Å². The highest BCUT2D eigenvalue weighted by Crippen LogP contribution is 2.36. The Bertz CT molecular complexity index is 895. The average Bonchev–Trinajstić information content (AvgIpc) is 2.78. The third kappa shape index (κ3) is 5.32. The predicted molar refractivity (Wildman–Crippen MR) is 119 cm³/mol. The van der Waals surface area contributed by atoms with Crippen LogP contribution in [0.2, 0.25) is 0 Å². The molecule has 0 spiro atoms. The van der Waals surface area contributed by atoms with Gasteiger partial charge in [0.15, 0.2) is 0 Å². The quantitative estimate of drug-likeness (QED) is 0.618. The summed E-state index contributed by atoms with van der Waals surface area (Å²) < 4.78 is 27.2. The lowest BCUT2D eigenvalue weighted by molar-refractivity contribution is 0.0558. The SMILES string of the molecule is FC1(F)C=CC(C(c2ccccc2)N2CCN(C/C=C/c3ccccc3)CC2)=CC1. The first-order chi connectivity index (χ1) is 14.6. The molecular formula is C26H28F2N2. The fourth-order valence-corrected chi connectivity index (χ4v) is 4.17. The van der Waals surface area contributed by atoms with Crippen molar-refractivity contribution in [3.63, 3.8) is 0 Å². The molecule has 0 bridgehead atoms. The number of hydrogen-bond donors (Lipinski definition) is 0. The minimum Gasteiger partial charge on any atom is -0.297 e. The molecule has 1 heterocycles. The molecule has 30 heavy (non-hydrogen) atoms. The Hall–Kier alpha value is -2.56. The summed E-state index contributed by atoms with van der Waals surface area (Å²) in [5, 5.41) is 0. The van der Waals surface area contributed by atoms with Crippen LogP contribution in [0, 0.1) is 0 Å². The Morgan fingerprint density at radius 2 is 1.57 bits per heavy atom. The molecule has 2 aliphatic rings. The number of allylic oxidation sites excluding steroid dienone is 2. The highest BCUT2D eigenvalue weighted by molar-refractivity contribution is 5.48. The molecule has 1 aliphatic carbocycles. The monoisotopic (exact) mass is 406 g/mol. The fraction of sp³-hybridized carbons (Fsp3) is 0.308. The summed E-state index contributed by atoms with van der Waals surface area (Å²) in [5.74, 6) is -2.73. The summed E-state index contributed by atoms with van der Waals surface area (Å²) in [6.45, 7) is 4.69. The van der Waals surface area contributed by atoms with Gasteiger partial charge in [-0.15, -0.1) is 0 Å². The minimum atomic E-state index is -2.73. The molecule has 1 unspecified atom stereocenters. The molecule has 1 fully saturated rings. The topological polar surface area (TPSA) is 6.48 Å². The van der Waals surface area contributed by atoms with Crippen LogP contribution in [0.1, 0.15) is 23.6 Å². The van der Waals surface area contributed by atoms with E-state index in [2.05, 4.69) is 46.2 Å². The van der Waals surface area contributed by atoms with Gasteiger partial charge >= 0.3 is 0 Å². The van der Waals surface area contributed by atoms with E-state index in [0.29, 0.717) is 0 Å². The zero-order chi connectivity index (χ0) is 20.8. The highest BCUT2D eigenvalue weighted by atomic mass is 19.3. The maximum absolute atomic E-state index is 13.6. The molecule has 4 rings (SSSR count). The van der Waals surface area contributed by atoms with Gasteiger partial charge in [-0.05, 0) is 22.8 Å². The maximum Gasteiger partial charge on any atom is 0.270 e. The van der Waals surface area contributed by atoms with Crippen molar-refractivity contribution in [3.05, 3.63) is 102 Å². The predicted octanol–water partition coefficient (Wildman–Crippen LogP) is 5.58. The Morgan fingerprint density at radius 1 is 0.900 bits per heavy atom. The van der Waals surface area contributed by atoms with Crippen molar-refractivity contribution >= 4 is 6.08 Å². The largest absolute Gasteiger partial charge is 0.297 e. The molecule has 1 saturated heterocycles. The number of alkyl halides is 2. The van der Waals surface area contributed by atoms with Crippen LogP contribution in [-0.2, 0) is 0 Å². The fourth-order valence-electron chi connectivity index (χ4n) is 4.17. The van der Waals surface area contributed by atoms with Gasteiger partial charge < -0.3 is 0 Å². The normalized spacial score (nSPS) is 20.9. The Morgan fingerprint density at radius 3 is 2.20 bits per heavy atom. The van der Waals surface area contributed by atoms with Gasteiger partial charge in [0, 0.05) is 39.1 Å². The summed E-state index contributed by atoms with van der Waals surface area (Å²) in [6.07, 6.45) is 8.56. The van der Waals surface area contributed by atoms with Crippen LogP contribution in [0.5, 0.6) is 0 Å². The van der Waals surface area contributed by atoms with Gasteiger partial charge in [-0.2, -0.15) is 0 Å². The third-order valence-electron chi connectivity index (χ3n) is 5.81. The van der Waals surface area contributed by atoms with Gasteiger partial charge in [-0.3, -0.25) is 9.80 Å². The molecule has 0 saturated carbocycles. The highest BCUT2D eigenvalue weighted by Gasteiger charge is 2.31. The molecule has 0 aromatic heterocycles. The molecular weight excluding hydrogens is 378 g/mol. The van der Waals surface area contributed by atoms with E-state index in [1.807, 2.05) is 36.4 Å². The first-order valence-electron chi connectivity index (χ1n) is 10.6. The molecule has 4 heteroatoms. The van der Waals surface area contributed by atoms with E-state index in [9.17, 15) is 8.78 Å². The number of benzene rings is 2.